The van der Waals surface area contributed by atoms with Gasteiger partial charge in [-0.2, -0.15) is 0 Å². The van der Waals surface area contributed by atoms with Gasteiger partial charge in [0.1, 0.15) is 11.6 Å². The van der Waals surface area contributed by atoms with Crippen molar-refractivity contribution >= 4 is 27.5 Å². The largest absolute Gasteiger partial charge is 0.317 e. The van der Waals surface area contributed by atoms with E-state index in [1.165, 1.54) is 0 Å². The molecule has 0 aliphatic carbocycles. The molecular weight excluding hydrogens is 289 g/mol. The second-order valence-electron chi connectivity index (χ2n) is 3.49. The van der Waals surface area contributed by atoms with E-state index in [2.05, 4.69) is 26.1 Å². The van der Waals surface area contributed by atoms with Crippen molar-refractivity contribution < 1.29 is 0 Å². The van der Waals surface area contributed by atoms with Crippen LogP contribution >= 0.6 is 27.5 Å². The first-order valence-corrected chi connectivity index (χ1v) is 6.39. The summed E-state index contributed by atoms with van der Waals surface area (Å²) in [6.07, 6.45) is 0.705. The molecule has 0 amide bonds. The van der Waals surface area contributed by atoms with Gasteiger partial charge in [0.25, 0.3) is 0 Å². The molecule has 1 aromatic carbocycles. The minimum atomic E-state index is 0.705. The second-order valence-corrected chi connectivity index (χ2v) is 4.46. The number of nitrogens with zero attached hydrogens (tertiary/aromatic N) is 3. The number of halogens is 2. The summed E-state index contributed by atoms with van der Waals surface area (Å²) in [5.41, 5.74) is 1.07. The molecule has 0 aliphatic rings. The summed E-state index contributed by atoms with van der Waals surface area (Å²) in [5, 5.41) is 9.71. The standard InChI is InChI=1S/C11H11BrClN3/c1-16-10(14-15-11(16)7-12)6-8-4-2-3-5-9(8)13/h2-5H,6-7H2,1H3. The Morgan fingerprint density at radius 2 is 1.94 bits per heavy atom. The van der Waals surface area contributed by atoms with Crippen LogP contribution in [0.4, 0.5) is 0 Å². The maximum absolute atomic E-state index is 6.10. The van der Waals surface area contributed by atoms with Crippen molar-refractivity contribution in [2.45, 2.75) is 11.8 Å². The van der Waals surface area contributed by atoms with Crippen molar-refractivity contribution in [2.75, 3.05) is 0 Å². The van der Waals surface area contributed by atoms with Crippen molar-refractivity contribution in [3.63, 3.8) is 0 Å². The third-order valence-electron chi connectivity index (χ3n) is 2.48. The van der Waals surface area contributed by atoms with Crippen LogP contribution in [0.15, 0.2) is 24.3 Å². The smallest absolute Gasteiger partial charge is 0.143 e. The van der Waals surface area contributed by atoms with E-state index in [1.54, 1.807) is 0 Å². The molecule has 0 unspecified atom stereocenters. The summed E-state index contributed by atoms with van der Waals surface area (Å²) < 4.78 is 1.98. The number of hydrogen-bond donors (Lipinski definition) is 0. The monoisotopic (exact) mass is 299 g/mol. The average molecular weight is 301 g/mol. The maximum Gasteiger partial charge on any atom is 0.143 e. The number of benzene rings is 1. The first kappa shape index (κ1) is 11.6. The molecule has 1 aromatic heterocycles. The summed E-state index contributed by atoms with van der Waals surface area (Å²) in [6, 6.07) is 7.79. The molecule has 0 bridgehead atoms. The van der Waals surface area contributed by atoms with Gasteiger partial charge < -0.3 is 4.57 Å². The molecule has 16 heavy (non-hydrogen) atoms. The van der Waals surface area contributed by atoms with E-state index in [0.29, 0.717) is 11.8 Å². The molecular formula is C11H11BrClN3. The Morgan fingerprint density at radius 3 is 2.56 bits per heavy atom. The van der Waals surface area contributed by atoms with Crippen molar-refractivity contribution in [1.29, 1.82) is 0 Å². The van der Waals surface area contributed by atoms with E-state index in [4.69, 9.17) is 11.6 Å². The van der Waals surface area contributed by atoms with Gasteiger partial charge in [-0.15, -0.1) is 10.2 Å². The van der Waals surface area contributed by atoms with Gasteiger partial charge in [0.15, 0.2) is 0 Å². The zero-order valence-electron chi connectivity index (χ0n) is 8.82. The molecule has 1 heterocycles. The lowest BCUT2D eigenvalue weighted by atomic mass is 10.1. The zero-order valence-corrected chi connectivity index (χ0v) is 11.2. The Balaban J connectivity index is 2.27. The van der Waals surface area contributed by atoms with Crippen LogP contribution in [0.1, 0.15) is 17.2 Å². The average Bonchev–Trinajstić information content (AvgIpc) is 2.63. The molecule has 0 spiro atoms. The fraction of sp³-hybridized carbons (Fsp3) is 0.273. The first-order valence-electron chi connectivity index (χ1n) is 4.89. The van der Waals surface area contributed by atoms with E-state index in [0.717, 1.165) is 22.2 Å². The number of hydrogen-bond acceptors (Lipinski definition) is 2. The minimum absolute atomic E-state index is 0.705. The van der Waals surface area contributed by atoms with Crippen molar-refractivity contribution in [3.8, 4) is 0 Å². The molecule has 0 fully saturated rings. The lowest BCUT2D eigenvalue weighted by Crippen LogP contribution is -2.02. The van der Waals surface area contributed by atoms with Gasteiger partial charge >= 0.3 is 0 Å². The van der Waals surface area contributed by atoms with Crippen LogP contribution in [0.2, 0.25) is 5.02 Å². The summed E-state index contributed by atoms with van der Waals surface area (Å²) in [6.45, 7) is 0. The summed E-state index contributed by atoms with van der Waals surface area (Å²) >= 11 is 9.47. The van der Waals surface area contributed by atoms with Gasteiger partial charge in [0.2, 0.25) is 0 Å². The van der Waals surface area contributed by atoms with E-state index < -0.39 is 0 Å². The highest BCUT2D eigenvalue weighted by atomic mass is 79.9. The van der Waals surface area contributed by atoms with Crippen LogP contribution < -0.4 is 0 Å². The highest BCUT2D eigenvalue weighted by molar-refractivity contribution is 9.08. The molecule has 5 heteroatoms. The predicted molar refractivity (Wildman–Crippen MR) is 67.9 cm³/mol. The first-order chi connectivity index (χ1) is 7.72. The zero-order chi connectivity index (χ0) is 11.5. The normalized spacial score (nSPS) is 10.7. The van der Waals surface area contributed by atoms with Crippen molar-refractivity contribution in [2.24, 2.45) is 7.05 Å². The van der Waals surface area contributed by atoms with Crippen LogP contribution in [0, 0.1) is 0 Å². The summed E-state index contributed by atoms with van der Waals surface area (Å²) in [4.78, 5) is 0. The molecule has 0 atom stereocenters. The Kier molecular flexibility index (Phi) is 3.61. The molecule has 0 saturated heterocycles. The van der Waals surface area contributed by atoms with E-state index >= 15 is 0 Å². The number of aromatic nitrogens is 3. The molecule has 0 saturated carbocycles. The van der Waals surface area contributed by atoms with Crippen LogP contribution in [0.25, 0.3) is 0 Å². The molecule has 0 aliphatic heterocycles. The minimum Gasteiger partial charge on any atom is -0.317 e. The van der Waals surface area contributed by atoms with E-state index in [1.807, 2.05) is 35.9 Å². The quantitative estimate of drug-likeness (QED) is 0.816. The van der Waals surface area contributed by atoms with Gasteiger partial charge in [-0.25, -0.2) is 0 Å². The summed E-state index contributed by atoms with van der Waals surface area (Å²) in [7, 11) is 1.96. The SMILES string of the molecule is Cn1c(CBr)nnc1Cc1ccccc1Cl. The van der Waals surface area contributed by atoms with Crippen molar-refractivity contribution in [1.82, 2.24) is 14.8 Å². The second kappa shape index (κ2) is 4.97. The molecule has 2 rings (SSSR count). The molecule has 2 aromatic rings. The van der Waals surface area contributed by atoms with Gasteiger partial charge in [0.05, 0.1) is 5.33 Å². The highest BCUT2D eigenvalue weighted by Gasteiger charge is 2.09. The highest BCUT2D eigenvalue weighted by Crippen LogP contribution is 2.18. The number of rotatable bonds is 3. The Labute approximate surface area is 108 Å². The van der Waals surface area contributed by atoms with Crippen LogP contribution in [-0.4, -0.2) is 14.8 Å². The van der Waals surface area contributed by atoms with Crippen LogP contribution in [-0.2, 0) is 18.8 Å². The Bertz CT molecular complexity index is 496. The van der Waals surface area contributed by atoms with Gasteiger partial charge in [-0.1, -0.05) is 45.7 Å². The van der Waals surface area contributed by atoms with Gasteiger partial charge in [-0.05, 0) is 11.6 Å². The third-order valence-corrected chi connectivity index (χ3v) is 3.35. The predicted octanol–water partition coefficient (Wildman–Crippen LogP) is 2.95. The summed E-state index contributed by atoms with van der Waals surface area (Å²) in [5.74, 6) is 1.84. The maximum atomic E-state index is 6.10. The molecule has 0 radical (unpaired) electrons. The van der Waals surface area contributed by atoms with Gasteiger partial charge in [0, 0.05) is 18.5 Å². The fourth-order valence-corrected chi connectivity index (χ4v) is 2.17. The lowest BCUT2D eigenvalue weighted by molar-refractivity contribution is 0.793. The van der Waals surface area contributed by atoms with Crippen LogP contribution in [0.3, 0.4) is 0 Å². The Hall–Kier alpha value is -0.870. The Morgan fingerprint density at radius 1 is 1.25 bits per heavy atom. The third kappa shape index (κ3) is 2.28. The number of alkyl halides is 1. The lowest BCUT2D eigenvalue weighted by Gasteiger charge is -2.04. The molecule has 3 nitrogen and oxygen atoms in total. The molecule has 0 N–H and O–H groups in total. The topological polar surface area (TPSA) is 30.7 Å². The molecule has 84 valence electrons. The fourth-order valence-electron chi connectivity index (χ4n) is 1.48. The van der Waals surface area contributed by atoms with E-state index in [9.17, 15) is 0 Å². The van der Waals surface area contributed by atoms with Crippen molar-refractivity contribution in [3.05, 3.63) is 46.5 Å². The van der Waals surface area contributed by atoms with Crippen LogP contribution in [0.5, 0.6) is 0 Å². The van der Waals surface area contributed by atoms with Gasteiger partial charge in [-0.3, -0.25) is 0 Å². The van der Waals surface area contributed by atoms with E-state index in [-0.39, 0.29) is 0 Å².